The van der Waals surface area contributed by atoms with Crippen molar-refractivity contribution in [3.8, 4) is 0 Å². The zero-order valence-corrected chi connectivity index (χ0v) is 20.4. The summed E-state index contributed by atoms with van der Waals surface area (Å²) in [5.41, 5.74) is 0. The van der Waals surface area contributed by atoms with Crippen molar-refractivity contribution in [2.24, 2.45) is 11.8 Å². The van der Waals surface area contributed by atoms with Crippen LogP contribution in [-0.4, -0.2) is 37.7 Å². The molecule has 182 valence electrons. The van der Waals surface area contributed by atoms with Gasteiger partial charge in [0.15, 0.2) is 0 Å². The number of carbonyl (C=O) groups excluding carboxylic acids is 3. The molecule has 6 heteroatoms. The third-order valence-electron chi connectivity index (χ3n) is 5.41. The minimum Gasteiger partial charge on any atom is -0.466 e. The summed E-state index contributed by atoms with van der Waals surface area (Å²) in [6.45, 7) is 8.97. The van der Waals surface area contributed by atoms with Gasteiger partial charge in [-0.05, 0) is 19.3 Å². The van der Waals surface area contributed by atoms with Gasteiger partial charge in [-0.3, -0.25) is 14.4 Å². The highest BCUT2D eigenvalue weighted by atomic mass is 16.5. The maximum atomic E-state index is 12.6. The molecule has 0 spiro atoms. The number of rotatable bonds is 20. The van der Waals surface area contributed by atoms with E-state index in [1.807, 2.05) is 0 Å². The van der Waals surface area contributed by atoms with Crippen molar-refractivity contribution < 1.29 is 28.6 Å². The van der Waals surface area contributed by atoms with E-state index in [4.69, 9.17) is 14.2 Å². The molecule has 0 amide bonds. The fraction of sp³-hybridized carbons (Fsp3) is 0.880. The first-order valence-corrected chi connectivity index (χ1v) is 12.5. The fourth-order valence-electron chi connectivity index (χ4n) is 3.22. The van der Waals surface area contributed by atoms with E-state index in [0.717, 1.165) is 77.0 Å². The van der Waals surface area contributed by atoms with E-state index < -0.39 is 29.7 Å². The van der Waals surface area contributed by atoms with Gasteiger partial charge in [0.05, 0.1) is 38.1 Å². The van der Waals surface area contributed by atoms with Gasteiger partial charge >= 0.3 is 17.9 Å². The SMILES string of the molecule is CCCCCCOC(=O)CC(C(=O)OCCCCCC)C(C)C(=O)OCCCCCC. The molecule has 0 aliphatic heterocycles. The molecule has 0 N–H and O–H groups in total. The highest BCUT2D eigenvalue weighted by Gasteiger charge is 2.35. The van der Waals surface area contributed by atoms with Crippen molar-refractivity contribution >= 4 is 17.9 Å². The topological polar surface area (TPSA) is 78.9 Å². The smallest absolute Gasteiger partial charge is 0.310 e. The Morgan fingerprint density at radius 2 is 1.00 bits per heavy atom. The molecule has 0 aromatic carbocycles. The lowest BCUT2D eigenvalue weighted by molar-refractivity contribution is -0.164. The zero-order chi connectivity index (χ0) is 23.3. The standard InChI is InChI=1S/C25H46O6/c1-5-8-11-14-17-29-23(26)20-22(25(28)31-19-16-13-10-7-3)21(4)24(27)30-18-15-12-9-6-2/h21-22H,5-20H2,1-4H3. The molecule has 2 atom stereocenters. The molecule has 0 radical (unpaired) electrons. The highest BCUT2D eigenvalue weighted by molar-refractivity contribution is 5.85. The molecule has 0 saturated heterocycles. The van der Waals surface area contributed by atoms with Crippen LogP contribution in [0.5, 0.6) is 0 Å². The van der Waals surface area contributed by atoms with Gasteiger partial charge < -0.3 is 14.2 Å². The molecule has 31 heavy (non-hydrogen) atoms. The van der Waals surface area contributed by atoms with Crippen molar-refractivity contribution in [2.75, 3.05) is 19.8 Å². The van der Waals surface area contributed by atoms with E-state index >= 15 is 0 Å². The van der Waals surface area contributed by atoms with Gasteiger partial charge in [0.25, 0.3) is 0 Å². The van der Waals surface area contributed by atoms with Crippen LogP contribution in [-0.2, 0) is 28.6 Å². The molecule has 0 aliphatic carbocycles. The monoisotopic (exact) mass is 442 g/mol. The number of hydrogen-bond donors (Lipinski definition) is 0. The summed E-state index contributed by atoms with van der Waals surface area (Å²) in [5, 5.41) is 0. The molecule has 0 fully saturated rings. The van der Waals surface area contributed by atoms with Gasteiger partial charge in [-0.15, -0.1) is 0 Å². The van der Waals surface area contributed by atoms with Gasteiger partial charge in [0.2, 0.25) is 0 Å². The molecule has 0 bridgehead atoms. The lowest BCUT2D eigenvalue weighted by Crippen LogP contribution is -2.33. The lowest BCUT2D eigenvalue weighted by Gasteiger charge is -2.21. The van der Waals surface area contributed by atoms with E-state index in [2.05, 4.69) is 20.8 Å². The maximum absolute atomic E-state index is 12.6. The van der Waals surface area contributed by atoms with Crippen LogP contribution in [0.2, 0.25) is 0 Å². The average molecular weight is 443 g/mol. The summed E-state index contributed by atoms with van der Waals surface area (Å²) in [6, 6.07) is 0. The highest BCUT2D eigenvalue weighted by Crippen LogP contribution is 2.21. The van der Waals surface area contributed by atoms with E-state index in [1.165, 1.54) is 0 Å². The lowest BCUT2D eigenvalue weighted by atomic mass is 9.91. The second kappa shape index (κ2) is 20.3. The number of esters is 3. The second-order valence-electron chi connectivity index (χ2n) is 8.34. The summed E-state index contributed by atoms with van der Waals surface area (Å²) in [5.74, 6) is -3.07. The second-order valence-corrected chi connectivity index (χ2v) is 8.34. The Hall–Kier alpha value is -1.59. The summed E-state index contributed by atoms with van der Waals surface area (Å²) in [6.07, 6.45) is 11.8. The number of carbonyl (C=O) groups is 3. The Bertz CT molecular complexity index is 477. The first-order valence-electron chi connectivity index (χ1n) is 12.5. The average Bonchev–Trinajstić information content (AvgIpc) is 2.76. The van der Waals surface area contributed by atoms with Crippen molar-refractivity contribution in [2.45, 2.75) is 111 Å². The first kappa shape index (κ1) is 29.4. The Morgan fingerprint density at radius 3 is 1.45 bits per heavy atom. The van der Waals surface area contributed by atoms with Crippen molar-refractivity contribution in [3.63, 3.8) is 0 Å². The van der Waals surface area contributed by atoms with Gasteiger partial charge in [-0.1, -0.05) is 85.5 Å². The van der Waals surface area contributed by atoms with Crippen LogP contribution in [0, 0.1) is 11.8 Å². The molecule has 0 saturated carbocycles. The van der Waals surface area contributed by atoms with Gasteiger partial charge in [-0.25, -0.2) is 0 Å². The van der Waals surface area contributed by atoms with Crippen molar-refractivity contribution in [1.82, 2.24) is 0 Å². The Kier molecular flexibility index (Phi) is 19.3. The molecule has 2 unspecified atom stereocenters. The molecule has 0 aliphatic rings. The van der Waals surface area contributed by atoms with Gasteiger partial charge in [0.1, 0.15) is 0 Å². The Labute approximate surface area is 189 Å². The molecular formula is C25H46O6. The quantitative estimate of drug-likeness (QED) is 0.131. The molecule has 0 rings (SSSR count). The largest absolute Gasteiger partial charge is 0.466 e. The fourth-order valence-corrected chi connectivity index (χ4v) is 3.22. The van der Waals surface area contributed by atoms with Crippen LogP contribution in [0.25, 0.3) is 0 Å². The Morgan fingerprint density at radius 1 is 0.581 bits per heavy atom. The van der Waals surface area contributed by atoms with Crippen molar-refractivity contribution in [1.29, 1.82) is 0 Å². The number of ether oxygens (including phenoxy) is 3. The summed E-state index contributed by atoms with van der Waals surface area (Å²) < 4.78 is 16.0. The zero-order valence-electron chi connectivity index (χ0n) is 20.4. The van der Waals surface area contributed by atoms with Gasteiger partial charge in [0, 0.05) is 0 Å². The minimum atomic E-state index is -0.877. The van der Waals surface area contributed by atoms with Crippen LogP contribution >= 0.6 is 0 Å². The van der Waals surface area contributed by atoms with Crippen LogP contribution in [0.1, 0.15) is 111 Å². The van der Waals surface area contributed by atoms with Gasteiger partial charge in [-0.2, -0.15) is 0 Å². The third kappa shape index (κ3) is 15.8. The normalized spacial score (nSPS) is 12.8. The Balaban J connectivity index is 4.69. The van der Waals surface area contributed by atoms with E-state index in [1.54, 1.807) is 6.92 Å². The van der Waals surface area contributed by atoms with Crippen LogP contribution in [0.3, 0.4) is 0 Å². The molecule has 6 nitrogen and oxygen atoms in total. The van der Waals surface area contributed by atoms with E-state index in [9.17, 15) is 14.4 Å². The molecule has 0 aromatic rings. The predicted octanol–water partition coefficient (Wildman–Crippen LogP) is 6.00. The summed E-state index contributed by atoms with van der Waals surface area (Å²) in [7, 11) is 0. The summed E-state index contributed by atoms with van der Waals surface area (Å²) in [4.78, 5) is 37.4. The van der Waals surface area contributed by atoms with Crippen LogP contribution in [0.4, 0.5) is 0 Å². The first-order chi connectivity index (χ1) is 15.0. The van der Waals surface area contributed by atoms with E-state index in [-0.39, 0.29) is 6.42 Å². The molecular weight excluding hydrogens is 396 g/mol. The maximum Gasteiger partial charge on any atom is 0.310 e. The van der Waals surface area contributed by atoms with Crippen LogP contribution in [0.15, 0.2) is 0 Å². The van der Waals surface area contributed by atoms with Crippen LogP contribution < -0.4 is 0 Å². The third-order valence-corrected chi connectivity index (χ3v) is 5.41. The van der Waals surface area contributed by atoms with Crippen molar-refractivity contribution in [3.05, 3.63) is 0 Å². The minimum absolute atomic E-state index is 0.159. The van der Waals surface area contributed by atoms with E-state index in [0.29, 0.717) is 19.8 Å². The number of hydrogen-bond acceptors (Lipinski definition) is 6. The predicted molar refractivity (Wildman–Crippen MR) is 123 cm³/mol. The number of unbranched alkanes of at least 4 members (excludes halogenated alkanes) is 9. The molecule has 0 heterocycles. The summed E-state index contributed by atoms with van der Waals surface area (Å²) >= 11 is 0. The molecule has 0 aromatic heterocycles.